The molecule has 1 aliphatic rings. The third-order valence-corrected chi connectivity index (χ3v) is 8.33. The van der Waals surface area contributed by atoms with E-state index in [4.69, 9.17) is 0 Å². The van der Waals surface area contributed by atoms with Crippen LogP contribution >= 0.6 is 15.9 Å². The fourth-order valence-corrected chi connectivity index (χ4v) is 5.92. The lowest BCUT2D eigenvalue weighted by Crippen LogP contribution is -2.32. The molecule has 3 aromatic heterocycles. The van der Waals surface area contributed by atoms with Crippen LogP contribution in [0.2, 0.25) is 0 Å². The first-order valence-electron chi connectivity index (χ1n) is 13.3. The highest BCUT2D eigenvalue weighted by atomic mass is 79.9. The fraction of sp³-hybridized carbons (Fsp3) is 0.448. The maximum Gasteiger partial charge on any atom is 0.297 e. The van der Waals surface area contributed by atoms with Crippen molar-refractivity contribution in [3.8, 4) is 0 Å². The molecule has 0 saturated carbocycles. The number of nitrogens with one attached hydrogen (secondary N) is 3. The molecule has 2 unspecified atom stereocenters. The van der Waals surface area contributed by atoms with Crippen molar-refractivity contribution in [2.75, 3.05) is 11.9 Å². The lowest BCUT2D eigenvalue weighted by Gasteiger charge is -2.22. The summed E-state index contributed by atoms with van der Waals surface area (Å²) in [6.45, 7) is 11.1. The van der Waals surface area contributed by atoms with E-state index in [1.807, 2.05) is 39.0 Å². The number of nitrogens with zero attached hydrogens (tertiary/aromatic N) is 3. The number of carbonyl (C=O) groups excluding carboxylic acids is 1. The van der Waals surface area contributed by atoms with Gasteiger partial charge in [0.1, 0.15) is 21.8 Å². The van der Waals surface area contributed by atoms with E-state index in [1.54, 1.807) is 24.3 Å². The van der Waals surface area contributed by atoms with E-state index in [1.165, 1.54) is 6.07 Å². The number of amides is 1. The molecule has 1 amide bonds. The topological polar surface area (TPSA) is 115 Å². The van der Waals surface area contributed by atoms with Gasteiger partial charge >= 0.3 is 0 Å². The summed E-state index contributed by atoms with van der Waals surface area (Å²) in [5.74, 6) is -0.677. The van der Waals surface area contributed by atoms with Gasteiger partial charge in [0.05, 0.1) is 17.3 Å². The van der Waals surface area contributed by atoms with Crippen LogP contribution in [0.5, 0.6) is 0 Å². The average molecular weight is 632 g/mol. The highest BCUT2D eigenvalue weighted by Crippen LogP contribution is 2.31. The number of hydrogen-bond donors (Lipinski definition) is 3. The van der Waals surface area contributed by atoms with Crippen molar-refractivity contribution in [3.05, 3.63) is 76.0 Å². The lowest BCUT2D eigenvalue weighted by molar-refractivity contribution is 0.0976. The first-order chi connectivity index (χ1) is 18.8. The van der Waals surface area contributed by atoms with Crippen LogP contribution in [0, 0.1) is 11.9 Å². The van der Waals surface area contributed by atoms with Crippen molar-refractivity contribution < 1.29 is 13.7 Å². The SMILES string of the molecule is CC1(C)C[C@H](CCC(Nc2cccc([S+]([O-])NC(=O)c3ccc(C(C)(C)C)nc3F)n2)c2cccc(Br)n2)CN1. The van der Waals surface area contributed by atoms with Crippen molar-refractivity contribution in [2.24, 2.45) is 5.92 Å². The van der Waals surface area contributed by atoms with Crippen LogP contribution in [0.1, 0.15) is 81.7 Å². The molecule has 3 aromatic rings. The van der Waals surface area contributed by atoms with Crippen LogP contribution in [0.3, 0.4) is 0 Å². The first-order valence-corrected chi connectivity index (χ1v) is 15.3. The van der Waals surface area contributed by atoms with Gasteiger partial charge in [0.2, 0.25) is 5.95 Å². The second kappa shape index (κ2) is 12.5. The molecular weight excluding hydrogens is 595 g/mol. The van der Waals surface area contributed by atoms with E-state index in [0.717, 1.165) is 36.1 Å². The van der Waals surface area contributed by atoms with Crippen molar-refractivity contribution >= 4 is 39.0 Å². The van der Waals surface area contributed by atoms with Crippen LogP contribution in [-0.4, -0.2) is 37.5 Å². The molecule has 1 saturated heterocycles. The van der Waals surface area contributed by atoms with Gasteiger partial charge in [0.25, 0.3) is 10.9 Å². The molecule has 0 aliphatic carbocycles. The van der Waals surface area contributed by atoms with Gasteiger partial charge in [0, 0.05) is 22.7 Å². The number of carbonyl (C=O) groups is 1. The van der Waals surface area contributed by atoms with E-state index in [-0.39, 0.29) is 27.6 Å². The second-order valence-corrected chi connectivity index (χ2v) is 13.8. The molecule has 4 rings (SSSR count). The molecule has 0 aromatic carbocycles. The quantitative estimate of drug-likeness (QED) is 0.201. The minimum absolute atomic E-state index is 0.131. The van der Waals surface area contributed by atoms with Crippen molar-refractivity contribution in [1.82, 2.24) is 25.0 Å². The maximum absolute atomic E-state index is 14.6. The molecule has 0 spiro atoms. The Kier molecular flexibility index (Phi) is 9.49. The Morgan fingerprint density at radius 2 is 1.93 bits per heavy atom. The fourth-order valence-electron chi connectivity index (χ4n) is 4.79. The third kappa shape index (κ3) is 7.99. The monoisotopic (exact) mass is 630 g/mol. The molecule has 1 aliphatic heterocycles. The predicted molar refractivity (Wildman–Crippen MR) is 159 cm³/mol. The molecule has 4 heterocycles. The summed E-state index contributed by atoms with van der Waals surface area (Å²) in [5.41, 5.74) is 0.873. The summed E-state index contributed by atoms with van der Waals surface area (Å²) in [6, 6.07) is 13.7. The molecule has 8 nitrogen and oxygen atoms in total. The van der Waals surface area contributed by atoms with Crippen molar-refractivity contribution in [1.29, 1.82) is 0 Å². The minimum atomic E-state index is -2.01. The highest BCUT2D eigenvalue weighted by Gasteiger charge is 2.31. The Hall–Kier alpha value is -2.60. The Morgan fingerprint density at radius 3 is 2.58 bits per heavy atom. The Bertz CT molecular complexity index is 1350. The summed E-state index contributed by atoms with van der Waals surface area (Å²) in [4.78, 5) is 25.8. The molecule has 0 radical (unpaired) electrons. The zero-order valence-electron chi connectivity index (χ0n) is 23.4. The highest BCUT2D eigenvalue weighted by molar-refractivity contribution is 9.10. The zero-order chi connectivity index (χ0) is 29.1. The zero-order valence-corrected chi connectivity index (χ0v) is 25.8. The molecule has 11 heteroatoms. The molecular formula is C29H36BrFN6O2S. The Balaban J connectivity index is 1.46. The number of hydrogen-bond acceptors (Lipinski definition) is 7. The van der Waals surface area contributed by atoms with Gasteiger partial charge in [-0.25, -0.2) is 9.97 Å². The normalized spacial score (nSPS) is 18.2. The summed E-state index contributed by atoms with van der Waals surface area (Å²) >= 11 is 1.45. The number of halogens is 2. The molecule has 3 N–H and O–H groups in total. The van der Waals surface area contributed by atoms with Gasteiger partial charge in [-0.15, -0.1) is 0 Å². The number of rotatable bonds is 9. The van der Waals surface area contributed by atoms with Crippen LogP contribution in [0.25, 0.3) is 0 Å². The van der Waals surface area contributed by atoms with Crippen LogP contribution in [0.4, 0.5) is 10.2 Å². The van der Waals surface area contributed by atoms with E-state index in [9.17, 15) is 13.7 Å². The van der Waals surface area contributed by atoms with E-state index in [2.05, 4.69) is 60.1 Å². The van der Waals surface area contributed by atoms with Crippen LogP contribution in [-0.2, 0) is 16.8 Å². The molecule has 214 valence electrons. The number of anilines is 1. The molecule has 40 heavy (non-hydrogen) atoms. The van der Waals surface area contributed by atoms with Gasteiger partial charge in [0.15, 0.2) is 0 Å². The van der Waals surface area contributed by atoms with Gasteiger partial charge in [-0.1, -0.05) is 32.9 Å². The van der Waals surface area contributed by atoms with Crippen molar-refractivity contribution in [2.45, 2.75) is 75.9 Å². The van der Waals surface area contributed by atoms with Crippen molar-refractivity contribution in [3.63, 3.8) is 0 Å². The van der Waals surface area contributed by atoms with Gasteiger partial charge in [-0.3, -0.25) is 4.79 Å². The smallest absolute Gasteiger partial charge is 0.297 e. The van der Waals surface area contributed by atoms with E-state index in [0.29, 0.717) is 17.4 Å². The molecule has 0 bridgehead atoms. The second-order valence-electron chi connectivity index (χ2n) is 11.8. The standard InChI is InChI=1S/C29H36BrFN6O2S/c1-28(2,3)22-15-13-19(26(31)35-22)27(38)37-40(39)25-11-7-10-24(36-25)34-21(20-8-6-9-23(30)33-20)14-12-18-16-29(4,5)32-17-18/h6-11,13,15,18,21,32H,12,14,16-17H2,1-5H3,(H,34,36)(H,37,38)/t18-,21?,40?/m0/s1. The maximum atomic E-state index is 14.6. The number of pyridine rings is 3. The van der Waals surface area contributed by atoms with Gasteiger partial charge in [-0.05, 0) is 91.8 Å². The van der Waals surface area contributed by atoms with E-state index < -0.39 is 23.2 Å². The van der Waals surface area contributed by atoms with Crippen LogP contribution in [0.15, 0.2) is 58.2 Å². The summed E-state index contributed by atoms with van der Waals surface area (Å²) in [5, 5.41) is 7.16. The molecule has 3 atom stereocenters. The number of aromatic nitrogens is 3. The predicted octanol–water partition coefficient (Wildman–Crippen LogP) is 5.84. The summed E-state index contributed by atoms with van der Waals surface area (Å²) < 4.78 is 30.7. The minimum Gasteiger partial charge on any atom is -0.587 e. The third-order valence-electron chi connectivity index (χ3n) is 6.91. The van der Waals surface area contributed by atoms with E-state index >= 15 is 0 Å². The molecule has 1 fully saturated rings. The van der Waals surface area contributed by atoms with Gasteiger partial charge < -0.3 is 15.2 Å². The largest absolute Gasteiger partial charge is 0.587 e. The average Bonchev–Trinajstić information content (AvgIpc) is 3.24. The summed E-state index contributed by atoms with van der Waals surface area (Å²) in [6.07, 6.45) is 2.93. The summed E-state index contributed by atoms with van der Waals surface area (Å²) in [7, 11) is 0. The van der Waals surface area contributed by atoms with Crippen LogP contribution < -0.4 is 15.4 Å². The van der Waals surface area contributed by atoms with Gasteiger partial charge in [-0.2, -0.15) is 14.1 Å². The first kappa shape index (κ1) is 30.4. The lowest BCUT2D eigenvalue weighted by atomic mass is 9.91. The Labute approximate surface area is 246 Å². The Morgan fingerprint density at radius 1 is 1.18 bits per heavy atom.